The van der Waals surface area contributed by atoms with Crippen LogP contribution in [-0.4, -0.2) is 6.54 Å². The van der Waals surface area contributed by atoms with E-state index in [0.29, 0.717) is 0 Å². The minimum Gasteiger partial charge on any atom is -0.299 e. The predicted molar refractivity (Wildman–Crippen MR) is 58.9 cm³/mol. The molecule has 0 saturated carbocycles. The average molecular weight is 193 g/mol. The van der Waals surface area contributed by atoms with Crippen molar-refractivity contribution in [1.82, 2.24) is 5.32 Å². The van der Waals surface area contributed by atoms with Gasteiger partial charge >= 0.3 is 0 Å². The van der Waals surface area contributed by atoms with E-state index in [1.165, 1.54) is 10.4 Å². The third kappa shape index (κ3) is 2.58. The average Bonchev–Trinajstić information content (AvgIpc) is 2.54. The summed E-state index contributed by atoms with van der Waals surface area (Å²) >= 11 is 1.73. The highest BCUT2D eigenvalue weighted by molar-refractivity contribution is 7.10. The van der Waals surface area contributed by atoms with E-state index in [9.17, 15) is 0 Å². The van der Waals surface area contributed by atoms with Crippen molar-refractivity contribution in [2.45, 2.75) is 26.3 Å². The monoisotopic (exact) mass is 193 g/mol. The lowest BCUT2D eigenvalue weighted by Gasteiger charge is -2.11. The van der Waals surface area contributed by atoms with Gasteiger partial charge in [-0.2, -0.15) is 0 Å². The minimum absolute atomic E-state index is 0.0972. The summed E-state index contributed by atoms with van der Waals surface area (Å²) in [7, 11) is 0. The Morgan fingerprint density at radius 3 is 2.92 bits per heavy atom. The fourth-order valence-electron chi connectivity index (χ4n) is 1.20. The predicted octanol–water partition coefficient (Wildman–Crippen LogP) is 2.73. The van der Waals surface area contributed by atoms with Crippen LogP contribution in [-0.2, 0) is 0 Å². The van der Waals surface area contributed by atoms with E-state index in [0.717, 1.165) is 13.0 Å². The molecule has 13 heavy (non-hydrogen) atoms. The zero-order valence-corrected chi connectivity index (χ0v) is 8.95. The maximum atomic E-state index is 5.47. The number of terminal acetylenes is 1. The standard InChI is InChI=1S/C11H15NS/c1-4-7-12-10(5-2)11-9(3)6-8-13-11/h2,6,8,10,12H,4,7H2,1,3H3. The highest BCUT2D eigenvalue weighted by atomic mass is 32.1. The zero-order chi connectivity index (χ0) is 9.68. The molecule has 1 N–H and O–H groups in total. The van der Waals surface area contributed by atoms with Gasteiger partial charge in [0.1, 0.15) is 6.04 Å². The molecule has 0 radical (unpaired) electrons. The molecule has 1 aromatic rings. The van der Waals surface area contributed by atoms with E-state index < -0.39 is 0 Å². The molecule has 1 unspecified atom stereocenters. The van der Waals surface area contributed by atoms with Crippen LogP contribution in [0.3, 0.4) is 0 Å². The van der Waals surface area contributed by atoms with Crippen molar-refractivity contribution in [3.63, 3.8) is 0 Å². The van der Waals surface area contributed by atoms with E-state index in [2.05, 4.69) is 36.5 Å². The number of hydrogen-bond donors (Lipinski definition) is 1. The second-order valence-corrected chi connectivity index (χ2v) is 3.97. The zero-order valence-electron chi connectivity index (χ0n) is 8.13. The van der Waals surface area contributed by atoms with Gasteiger partial charge in [0.25, 0.3) is 0 Å². The van der Waals surface area contributed by atoms with Gasteiger partial charge in [-0.3, -0.25) is 5.32 Å². The van der Waals surface area contributed by atoms with Gasteiger partial charge in [-0.05, 0) is 36.9 Å². The summed E-state index contributed by atoms with van der Waals surface area (Å²) in [6.07, 6.45) is 6.58. The van der Waals surface area contributed by atoms with Crippen LogP contribution in [0, 0.1) is 19.3 Å². The maximum absolute atomic E-state index is 5.47. The Bertz CT molecular complexity index is 295. The van der Waals surface area contributed by atoms with Gasteiger partial charge in [-0.15, -0.1) is 17.8 Å². The maximum Gasteiger partial charge on any atom is 0.104 e. The highest BCUT2D eigenvalue weighted by Crippen LogP contribution is 2.23. The van der Waals surface area contributed by atoms with Crippen LogP contribution in [0.25, 0.3) is 0 Å². The quantitative estimate of drug-likeness (QED) is 0.725. The third-order valence-electron chi connectivity index (χ3n) is 1.93. The Hall–Kier alpha value is -0.780. The Morgan fingerprint density at radius 1 is 1.69 bits per heavy atom. The summed E-state index contributed by atoms with van der Waals surface area (Å²) in [5.74, 6) is 2.78. The molecule has 1 aromatic heterocycles. The first-order valence-corrected chi connectivity index (χ1v) is 5.41. The van der Waals surface area contributed by atoms with Crippen molar-refractivity contribution in [2.75, 3.05) is 6.54 Å². The lowest BCUT2D eigenvalue weighted by molar-refractivity contribution is 0.631. The van der Waals surface area contributed by atoms with Gasteiger partial charge in [-0.1, -0.05) is 12.8 Å². The van der Waals surface area contributed by atoms with Crippen LogP contribution in [0.1, 0.15) is 29.8 Å². The topological polar surface area (TPSA) is 12.0 Å². The summed E-state index contributed by atoms with van der Waals surface area (Å²) in [5, 5.41) is 5.42. The molecule has 0 amide bonds. The molecular formula is C11H15NS. The molecule has 0 fully saturated rings. The first-order valence-electron chi connectivity index (χ1n) is 4.53. The first-order chi connectivity index (χ1) is 6.29. The van der Waals surface area contributed by atoms with Crippen LogP contribution >= 0.6 is 11.3 Å². The first kappa shape index (κ1) is 10.3. The molecule has 1 nitrogen and oxygen atoms in total. The SMILES string of the molecule is C#CC(NCCC)c1sccc1C. The Balaban J connectivity index is 2.68. The van der Waals surface area contributed by atoms with E-state index in [4.69, 9.17) is 6.42 Å². The molecule has 1 rings (SSSR count). The van der Waals surface area contributed by atoms with E-state index in [1.807, 2.05) is 0 Å². The summed E-state index contributed by atoms with van der Waals surface area (Å²) in [5.41, 5.74) is 1.29. The highest BCUT2D eigenvalue weighted by Gasteiger charge is 2.10. The van der Waals surface area contributed by atoms with Crippen LogP contribution < -0.4 is 5.32 Å². The molecule has 1 heterocycles. The van der Waals surface area contributed by atoms with Crippen molar-refractivity contribution in [1.29, 1.82) is 0 Å². The van der Waals surface area contributed by atoms with Crippen molar-refractivity contribution < 1.29 is 0 Å². The molecule has 2 heteroatoms. The van der Waals surface area contributed by atoms with E-state index >= 15 is 0 Å². The second-order valence-electron chi connectivity index (χ2n) is 3.02. The number of rotatable bonds is 4. The Morgan fingerprint density at radius 2 is 2.46 bits per heavy atom. The molecule has 70 valence electrons. The van der Waals surface area contributed by atoms with Crippen LogP contribution in [0.4, 0.5) is 0 Å². The Kier molecular flexibility index (Phi) is 4.01. The summed E-state index contributed by atoms with van der Waals surface area (Å²) in [6, 6.07) is 2.21. The third-order valence-corrected chi connectivity index (χ3v) is 3.01. The smallest absolute Gasteiger partial charge is 0.104 e. The number of nitrogens with one attached hydrogen (secondary N) is 1. The lowest BCUT2D eigenvalue weighted by Crippen LogP contribution is -2.20. The number of thiophene rings is 1. The number of aryl methyl sites for hydroxylation is 1. The summed E-state index contributed by atoms with van der Waals surface area (Å²) in [6.45, 7) is 5.22. The van der Waals surface area contributed by atoms with Crippen molar-refractivity contribution in [3.05, 3.63) is 21.9 Å². The molecule has 0 aliphatic rings. The fourth-order valence-corrected chi connectivity index (χ4v) is 2.16. The molecule has 1 atom stereocenters. The van der Waals surface area contributed by atoms with Crippen LogP contribution in [0.15, 0.2) is 11.4 Å². The molecular weight excluding hydrogens is 178 g/mol. The molecule has 0 bridgehead atoms. The number of hydrogen-bond acceptors (Lipinski definition) is 2. The van der Waals surface area contributed by atoms with Crippen molar-refractivity contribution in [2.24, 2.45) is 0 Å². The molecule has 0 spiro atoms. The van der Waals surface area contributed by atoms with Gasteiger partial charge in [0.15, 0.2) is 0 Å². The van der Waals surface area contributed by atoms with Gasteiger partial charge < -0.3 is 0 Å². The molecule has 0 saturated heterocycles. The summed E-state index contributed by atoms with van der Waals surface area (Å²) < 4.78 is 0. The van der Waals surface area contributed by atoms with Crippen LogP contribution in [0.5, 0.6) is 0 Å². The molecule has 0 aromatic carbocycles. The van der Waals surface area contributed by atoms with E-state index in [1.54, 1.807) is 11.3 Å². The second kappa shape index (κ2) is 5.06. The van der Waals surface area contributed by atoms with Crippen molar-refractivity contribution >= 4 is 11.3 Å². The largest absolute Gasteiger partial charge is 0.299 e. The summed E-state index contributed by atoms with van der Waals surface area (Å²) in [4.78, 5) is 1.27. The molecule has 0 aliphatic carbocycles. The fraction of sp³-hybridized carbons (Fsp3) is 0.455. The Labute approximate surface area is 84.2 Å². The van der Waals surface area contributed by atoms with Gasteiger partial charge in [-0.25, -0.2) is 0 Å². The van der Waals surface area contributed by atoms with E-state index in [-0.39, 0.29) is 6.04 Å². The van der Waals surface area contributed by atoms with Crippen LogP contribution in [0.2, 0.25) is 0 Å². The van der Waals surface area contributed by atoms with Crippen molar-refractivity contribution in [3.8, 4) is 12.3 Å². The lowest BCUT2D eigenvalue weighted by atomic mass is 10.2. The van der Waals surface area contributed by atoms with Gasteiger partial charge in [0.05, 0.1) is 0 Å². The minimum atomic E-state index is 0.0972. The normalized spacial score (nSPS) is 12.4. The molecule has 0 aliphatic heterocycles. The van der Waals surface area contributed by atoms with Gasteiger partial charge in [0.2, 0.25) is 0 Å². The van der Waals surface area contributed by atoms with Gasteiger partial charge in [0, 0.05) is 4.88 Å².